The van der Waals surface area contributed by atoms with Crippen LogP contribution in [0.25, 0.3) is 0 Å². The van der Waals surface area contributed by atoms with Crippen molar-refractivity contribution in [3.63, 3.8) is 0 Å². The Morgan fingerprint density at radius 1 is 1.14 bits per heavy atom. The lowest BCUT2D eigenvalue weighted by atomic mass is 9.86. The number of carbonyl (C=O) groups is 1. The van der Waals surface area contributed by atoms with Gasteiger partial charge in [-0.3, -0.25) is 9.69 Å². The van der Waals surface area contributed by atoms with Gasteiger partial charge in [-0.1, -0.05) is 0 Å². The summed E-state index contributed by atoms with van der Waals surface area (Å²) in [5.74, 6) is 1.26. The third-order valence-electron chi connectivity index (χ3n) is 6.36. The van der Waals surface area contributed by atoms with E-state index in [1.54, 1.807) is 23.7 Å². The number of likely N-dealkylation sites (tertiary alicyclic amines) is 2. The first-order valence-electron chi connectivity index (χ1n) is 10.5. The topological polar surface area (TPSA) is 101 Å². The molecule has 2 aromatic rings. The second kappa shape index (κ2) is 9.19. The number of nitrogen functional groups attached to an aromatic ring is 1. The number of thiophene rings is 1. The van der Waals surface area contributed by atoms with Crippen LogP contribution in [-0.4, -0.2) is 51.9 Å². The first kappa shape index (κ1) is 20.3. The number of hydrogen-bond acceptors (Lipinski definition) is 7. The molecule has 1 amide bonds. The van der Waals surface area contributed by atoms with Crippen LogP contribution in [0.2, 0.25) is 0 Å². The molecule has 7 nitrogen and oxygen atoms in total. The van der Waals surface area contributed by atoms with Crippen molar-refractivity contribution in [3.8, 4) is 0 Å². The number of carbonyl (C=O) groups excluding carboxylic acids is 1. The predicted octanol–water partition coefficient (Wildman–Crippen LogP) is 2.27. The first-order valence-corrected chi connectivity index (χ1v) is 11.4. The van der Waals surface area contributed by atoms with E-state index in [0.29, 0.717) is 17.8 Å². The van der Waals surface area contributed by atoms with Crippen LogP contribution >= 0.6 is 11.3 Å². The van der Waals surface area contributed by atoms with Gasteiger partial charge in [-0.15, -0.1) is 0 Å². The molecule has 2 fully saturated rings. The molecule has 2 aliphatic rings. The molecule has 1 atom stereocenters. The normalized spacial score (nSPS) is 20.7. The Labute approximate surface area is 176 Å². The van der Waals surface area contributed by atoms with Gasteiger partial charge in [0.2, 0.25) is 11.9 Å². The van der Waals surface area contributed by atoms with Crippen LogP contribution in [0, 0.1) is 11.8 Å². The van der Waals surface area contributed by atoms with E-state index in [0.717, 1.165) is 64.0 Å². The number of piperidine rings is 2. The Morgan fingerprint density at radius 2 is 1.83 bits per heavy atom. The summed E-state index contributed by atoms with van der Waals surface area (Å²) in [5.41, 5.74) is 14.3. The molecule has 4 N–H and O–H groups in total. The SMILES string of the molecule is Nc1ncc(CN2CCC(C(=O)N3CCC(C(N)c4ccsc4)CC3)CC2)cn1. The number of anilines is 1. The van der Waals surface area contributed by atoms with E-state index in [1.165, 1.54) is 5.56 Å². The number of amides is 1. The first-order chi connectivity index (χ1) is 14.1. The lowest BCUT2D eigenvalue weighted by molar-refractivity contribution is -0.138. The summed E-state index contributed by atoms with van der Waals surface area (Å²) in [6.07, 6.45) is 7.40. The number of aromatic nitrogens is 2. The van der Waals surface area contributed by atoms with Crippen molar-refractivity contribution in [2.75, 3.05) is 31.9 Å². The quantitative estimate of drug-likeness (QED) is 0.778. The monoisotopic (exact) mass is 414 g/mol. The Bertz CT molecular complexity index is 780. The summed E-state index contributed by atoms with van der Waals surface area (Å²) in [4.78, 5) is 25.6. The maximum atomic E-state index is 13.0. The molecule has 4 rings (SSSR count). The maximum Gasteiger partial charge on any atom is 0.225 e. The highest BCUT2D eigenvalue weighted by atomic mass is 32.1. The van der Waals surface area contributed by atoms with E-state index in [1.807, 2.05) is 0 Å². The number of nitrogens with zero attached hydrogens (tertiary/aromatic N) is 4. The van der Waals surface area contributed by atoms with Crippen molar-refractivity contribution in [1.29, 1.82) is 0 Å². The van der Waals surface area contributed by atoms with Crippen molar-refractivity contribution in [2.45, 2.75) is 38.3 Å². The van der Waals surface area contributed by atoms with E-state index in [2.05, 4.69) is 36.6 Å². The van der Waals surface area contributed by atoms with Crippen LogP contribution in [0.4, 0.5) is 5.95 Å². The van der Waals surface area contributed by atoms with Crippen molar-refractivity contribution in [1.82, 2.24) is 19.8 Å². The van der Waals surface area contributed by atoms with Crippen molar-refractivity contribution >= 4 is 23.2 Å². The highest BCUT2D eigenvalue weighted by Gasteiger charge is 2.32. The number of hydrogen-bond donors (Lipinski definition) is 2. The molecule has 29 heavy (non-hydrogen) atoms. The van der Waals surface area contributed by atoms with Crippen LogP contribution < -0.4 is 11.5 Å². The zero-order valence-corrected chi connectivity index (χ0v) is 17.6. The predicted molar refractivity (Wildman–Crippen MR) is 115 cm³/mol. The lowest BCUT2D eigenvalue weighted by Crippen LogP contribution is -2.46. The van der Waals surface area contributed by atoms with Crippen LogP contribution in [0.15, 0.2) is 29.2 Å². The third-order valence-corrected chi connectivity index (χ3v) is 7.06. The van der Waals surface area contributed by atoms with Crippen molar-refractivity contribution in [3.05, 3.63) is 40.3 Å². The average molecular weight is 415 g/mol. The zero-order valence-electron chi connectivity index (χ0n) is 16.7. The van der Waals surface area contributed by atoms with Gasteiger partial charge < -0.3 is 16.4 Å². The Morgan fingerprint density at radius 3 is 2.45 bits per heavy atom. The van der Waals surface area contributed by atoms with Crippen LogP contribution in [0.5, 0.6) is 0 Å². The molecule has 0 saturated carbocycles. The minimum atomic E-state index is 0.0963. The summed E-state index contributed by atoms with van der Waals surface area (Å²) >= 11 is 1.70. The Kier molecular flexibility index (Phi) is 6.42. The maximum absolute atomic E-state index is 13.0. The summed E-state index contributed by atoms with van der Waals surface area (Å²) in [7, 11) is 0. The standard InChI is InChI=1S/C21H30N6OS/c22-19(18-5-10-29-14-18)16-3-8-27(9-4-16)20(28)17-1-6-26(7-2-17)13-15-11-24-21(23)25-12-15/h5,10-12,14,16-17,19H,1-4,6-9,13,22H2,(H2,23,24,25). The van der Waals surface area contributed by atoms with Gasteiger partial charge >= 0.3 is 0 Å². The Balaban J connectivity index is 1.22. The molecular weight excluding hydrogens is 384 g/mol. The van der Waals surface area contributed by atoms with Gasteiger partial charge in [0.1, 0.15) is 0 Å². The van der Waals surface area contributed by atoms with Crippen LogP contribution in [-0.2, 0) is 11.3 Å². The summed E-state index contributed by atoms with van der Waals surface area (Å²) in [5, 5.41) is 4.23. The van der Waals surface area contributed by atoms with E-state index in [-0.39, 0.29) is 12.0 Å². The minimum absolute atomic E-state index is 0.0963. The molecule has 156 valence electrons. The largest absolute Gasteiger partial charge is 0.368 e. The molecule has 0 bridgehead atoms. The van der Waals surface area contributed by atoms with Crippen LogP contribution in [0.1, 0.15) is 42.9 Å². The average Bonchev–Trinajstić information content (AvgIpc) is 3.30. The fourth-order valence-electron chi connectivity index (χ4n) is 4.52. The van der Waals surface area contributed by atoms with Crippen LogP contribution in [0.3, 0.4) is 0 Å². The van der Waals surface area contributed by atoms with E-state index in [9.17, 15) is 4.79 Å². The molecule has 2 saturated heterocycles. The molecule has 2 aliphatic heterocycles. The van der Waals surface area contributed by atoms with Gasteiger partial charge in [0, 0.05) is 49.6 Å². The van der Waals surface area contributed by atoms with E-state index < -0.39 is 0 Å². The summed E-state index contributed by atoms with van der Waals surface area (Å²) in [6, 6.07) is 2.22. The summed E-state index contributed by atoms with van der Waals surface area (Å²) < 4.78 is 0. The van der Waals surface area contributed by atoms with Gasteiger partial charge in [0.05, 0.1) is 0 Å². The zero-order chi connectivity index (χ0) is 20.2. The molecule has 0 spiro atoms. The summed E-state index contributed by atoms with van der Waals surface area (Å²) in [6.45, 7) is 4.35. The lowest BCUT2D eigenvalue weighted by Gasteiger charge is -2.38. The second-order valence-corrected chi connectivity index (χ2v) is 9.03. The van der Waals surface area contributed by atoms with E-state index >= 15 is 0 Å². The number of nitrogens with two attached hydrogens (primary N) is 2. The van der Waals surface area contributed by atoms with Gasteiger partial charge in [-0.2, -0.15) is 11.3 Å². The molecule has 2 aromatic heterocycles. The molecule has 0 aromatic carbocycles. The smallest absolute Gasteiger partial charge is 0.225 e. The molecule has 1 unspecified atom stereocenters. The molecule has 8 heteroatoms. The third kappa shape index (κ3) is 4.94. The van der Waals surface area contributed by atoms with Crippen molar-refractivity contribution in [2.24, 2.45) is 17.6 Å². The molecule has 0 radical (unpaired) electrons. The van der Waals surface area contributed by atoms with Gasteiger partial charge in [-0.05, 0) is 67.1 Å². The Hall–Kier alpha value is -2.03. The molecule has 0 aliphatic carbocycles. The van der Waals surface area contributed by atoms with E-state index in [4.69, 9.17) is 11.5 Å². The fraction of sp³-hybridized carbons (Fsp3) is 0.571. The van der Waals surface area contributed by atoms with Gasteiger partial charge in [0.15, 0.2) is 0 Å². The molecule has 4 heterocycles. The second-order valence-electron chi connectivity index (χ2n) is 8.25. The highest BCUT2D eigenvalue weighted by molar-refractivity contribution is 7.07. The highest BCUT2D eigenvalue weighted by Crippen LogP contribution is 2.31. The molecular formula is C21H30N6OS. The minimum Gasteiger partial charge on any atom is -0.368 e. The van der Waals surface area contributed by atoms with Gasteiger partial charge in [0.25, 0.3) is 0 Å². The number of rotatable bonds is 5. The van der Waals surface area contributed by atoms with Crippen molar-refractivity contribution < 1.29 is 4.79 Å². The fourth-order valence-corrected chi connectivity index (χ4v) is 5.22. The van der Waals surface area contributed by atoms with Gasteiger partial charge in [-0.25, -0.2) is 9.97 Å².